The molecular weight excluding hydrogens is 550 g/mol. The van der Waals surface area contributed by atoms with E-state index in [2.05, 4.69) is 84.1 Å². The van der Waals surface area contributed by atoms with Crippen molar-refractivity contribution in [2.24, 2.45) is 0 Å². The molecule has 0 bridgehead atoms. The Morgan fingerprint density at radius 1 is 0.467 bits per heavy atom. The molecule has 214 valence electrons. The Kier molecular flexibility index (Phi) is 6.50. The van der Waals surface area contributed by atoms with Crippen LogP contribution in [0, 0.1) is 13.8 Å². The van der Waals surface area contributed by atoms with Crippen molar-refractivity contribution in [1.82, 2.24) is 24.5 Å². The second-order valence-electron chi connectivity index (χ2n) is 11.4. The fourth-order valence-corrected chi connectivity index (χ4v) is 6.05. The zero-order chi connectivity index (χ0) is 30.3. The second kappa shape index (κ2) is 11.0. The largest absolute Gasteiger partial charge is 0.308 e. The Labute approximate surface area is 261 Å². The lowest BCUT2D eigenvalue weighted by Gasteiger charge is -2.16. The standard InChI is InChI=1S/C40H29N5/c1-26-15-18-32-33-19-16-27(2)23-36(33)45(35(32)22-26)37-24-30(31-14-9-21-41-25-31)17-20-34(37)40-43-38(28-10-5-3-6-11-28)42-39(44-40)29-12-7-4-8-13-29/h3-25H,1-2H3. The fourth-order valence-electron chi connectivity index (χ4n) is 6.05. The Hall–Kier alpha value is -5.94. The summed E-state index contributed by atoms with van der Waals surface area (Å²) in [5.74, 6) is 1.89. The Bertz CT molecular complexity index is 2210. The molecule has 5 nitrogen and oxygen atoms in total. The first-order valence-electron chi connectivity index (χ1n) is 15.1. The summed E-state index contributed by atoms with van der Waals surface area (Å²) in [5, 5.41) is 2.41. The molecule has 5 aromatic carbocycles. The van der Waals surface area contributed by atoms with Crippen LogP contribution in [0.4, 0.5) is 0 Å². The maximum absolute atomic E-state index is 5.12. The summed E-state index contributed by atoms with van der Waals surface area (Å²) in [4.78, 5) is 19.6. The van der Waals surface area contributed by atoms with Crippen LogP contribution in [0.15, 0.2) is 140 Å². The minimum absolute atomic E-state index is 0.616. The van der Waals surface area contributed by atoms with E-state index in [9.17, 15) is 0 Å². The van der Waals surface area contributed by atoms with E-state index in [-0.39, 0.29) is 0 Å². The molecule has 0 aliphatic heterocycles. The van der Waals surface area contributed by atoms with Crippen molar-refractivity contribution < 1.29 is 0 Å². The van der Waals surface area contributed by atoms with Crippen LogP contribution in [0.2, 0.25) is 0 Å². The van der Waals surface area contributed by atoms with Crippen molar-refractivity contribution in [2.75, 3.05) is 0 Å². The molecule has 0 amide bonds. The normalized spacial score (nSPS) is 11.3. The lowest BCUT2D eigenvalue weighted by atomic mass is 10.0. The summed E-state index contributed by atoms with van der Waals surface area (Å²) < 4.78 is 2.37. The lowest BCUT2D eigenvalue weighted by molar-refractivity contribution is 1.06. The number of benzene rings is 5. The van der Waals surface area contributed by atoms with Gasteiger partial charge in [-0.25, -0.2) is 15.0 Å². The smallest absolute Gasteiger partial charge is 0.166 e. The monoisotopic (exact) mass is 579 g/mol. The van der Waals surface area contributed by atoms with Crippen molar-refractivity contribution in [1.29, 1.82) is 0 Å². The van der Waals surface area contributed by atoms with Crippen LogP contribution in [0.5, 0.6) is 0 Å². The van der Waals surface area contributed by atoms with Gasteiger partial charge in [-0.2, -0.15) is 0 Å². The third kappa shape index (κ3) is 4.85. The van der Waals surface area contributed by atoms with Gasteiger partial charge in [0.2, 0.25) is 0 Å². The molecule has 0 fully saturated rings. The molecule has 45 heavy (non-hydrogen) atoms. The van der Waals surface area contributed by atoms with Crippen molar-refractivity contribution in [3.63, 3.8) is 0 Å². The van der Waals surface area contributed by atoms with Crippen LogP contribution in [0.3, 0.4) is 0 Å². The molecule has 0 atom stereocenters. The number of aromatic nitrogens is 5. The summed E-state index contributed by atoms with van der Waals surface area (Å²) in [5.41, 5.74) is 10.6. The molecule has 0 aliphatic rings. The van der Waals surface area contributed by atoms with Gasteiger partial charge in [-0.05, 0) is 60.9 Å². The van der Waals surface area contributed by atoms with E-state index >= 15 is 0 Å². The van der Waals surface area contributed by atoms with Crippen LogP contribution in [-0.4, -0.2) is 24.5 Å². The summed E-state index contributed by atoms with van der Waals surface area (Å²) in [6, 6.07) is 44.2. The van der Waals surface area contributed by atoms with Gasteiger partial charge in [-0.1, -0.05) is 97.1 Å². The van der Waals surface area contributed by atoms with E-state index in [0.29, 0.717) is 17.5 Å². The SMILES string of the molecule is Cc1ccc2c3ccc(C)cc3n(-c3cc(-c4cccnc4)ccc3-c3nc(-c4ccccc4)nc(-c4ccccc4)n3)c2c1. The predicted octanol–water partition coefficient (Wildman–Crippen LogP) is 9.65. The molecule has 8 rings (SSSR count). The van der Waals surface area contributed by atoms with Crippen molar-refractivity contribution in [2.45, 2.75) is 13.8 Å². The minimum Gasteiger partial charge on any atom is -0.308 e. The Morgan fingerprint density at radius 2 is 1.02 bits per heavy atom. The van der Waals surface area contributed by atoms with E-state index in [1.807, 2.05) is 72.9 Å². The number of pyridine rings is 1. The lowest BCUT2D eigenvalue weighted by Crippen LogP contribution is -2.04. The minimum atomic E-state index is 0.616. The van der Waals surface area contributed by atoms with Gasteiger partial charge in [0.1, 0.15) is 0 Å². The average molecular weight is 580 g/mol. The summed E-state index contributed by atoms with van der Waals surface area (Å²) in [7, 11) is 0. The van der Waals surface area contributed by atoms with E-state index in [4.69, 9.17) is 15.0 Å². The van der Waals surface area contributed by atoms with Gasteiger partial charge in [0.15, 0.2) is 17.5 Å². The van der Waals surface area contributed by atoms with Gasteiger partial charge in [0, 0.05) is 45.4 Å². The molecular formula is C40H29N5. The molecule has 0 saturated heterocycles. The highest BCUT2D eigenvalue weighted by Gasteiger charge is 2.20. The number of hydrogen-bond donors (Lipinski definition) is 0. The van der Waals surface area contributed by atoms with Crippen LogP contribution < -0.4 is 0 Å². The first kappa shape index (κ1) is 26.7. The van der Waals surface area contributed by atoms with Crippen LogP contribution in [0.1, 0.15) is 11.1 Å². The molecule has 0 N–H and O–H groups in total. The highest BCUT2D eigenvalue weighted by atomic mass is 15.1. The quantitative estimate of drug-likeness (QED) is 0.204. The topological polar surface area (TPSA) is 56.5 Å². The van der Waals surface area contributed by atoms with Crippen LogP contribution >= 0.6 is 0 Å². The van der Waals surface area contributed by atoms with Gasteiger partial charge >= 0.3 is 0 Å². The van der Waals surface area contributed by atoms with E-state index < -0.39 is 0 Å². The van der Waals surface area contributed by atoms with Gasteiger partial charge in [-0.3, -0.25) is 4.98 Å². The fraction of sp³-hybridized carbons (Fsp3) is 0.0500. The van der Waals surface area contributed by atoms with E-state index in [1.54, 1.807) is 6.20 Å². The number of hydrogen-bond acceptors (Lipinski definition) is 4. The highest BCUT2D eigenvalue weighted by Crippen LogP contribution is 2.38. The molecule has 0 aliphatic carbocycles. The van der Waals surface area contributed by atoms with Gasteiger partial charge in [0.25, 0.3) is 0 Å². The molecule has 3 aromatic heterocycles. The molecule has 0 unspecified atom stereocenters. The first-order chi connectivity index (χ1) is 22.1. The van der Waals surface area contributed by atoms with Gasteiger partial charge < -0.3 is 4.57 Å². The molecule has 0 saturated carbocycles. The number of aryl methyl sites for hydroxylation is 2. The van der Waals surface area contributed by atoms with E-state index in [0.717, 1.165) is 44.5 Å². The molecule has 0 spiro atoms. The number of rotatable bonds is 5. The van der Waals surface area contributed by atoms with Crippen LogP contribution in [0.25, 0.3) is 72.8 Å². The third-order valence-corrected chi connectivity index (χ3v) is 8.25. The Balaban J connectivity index is 1.47. The van der Waals surface area contributed by atoms with Crippen LogP contribution in [-0.2, 0) is 0 Å². The average Bonchev–Trinajstić information content (AvgIpc) is 3.41. The summed E-state index contributed by atoms with van der Waals surface area (Å²) in [6.45, 7) is 4.29. The maximum atomic E-state index is 5.12. The van der Waals surface area contributed by atoms with Crippen molar-refractivity contribution in [3.05, 3.63) is 151 Å². The summed E-state index contributed by atoms with van der Waals surface area (Å²) >= 11 is 0. The zero-order valence-electron chi connectivity index (χ0n) is 25.0. The second-order valence-corrected chi connectivity index (χ2v) is 11.4. The maximum Gasteiger partial charge on any atom is 0.166 e. The molecule has 0 radical (unpaired) electrons. The molecule has 8 aromatic rings. The number of fused-ring (bicyclic) bond motifs is 3. The third-order valence-electron chi connectivity index (χ3n) is 8.25. The van der Waals surface area contributed by atoms with E-state index in [1.165, 1.54) is 21.9 Å². The summed E-state index contributed by atoms with van der Waals surface area (Å²) in [6.07, 6.45) is 3.71. The van der Waals surface area contributed by atoms with Gasteiger partial charge in [0.05, 0.1) is 16.7 Å². The predicted molar refractivity (Wildman–Crippen MR) is 183 cm³/mol. The molecule has 3 heterocycles. The van der Waals surface area contributed by atoms with Crippen molar-refractivity contribution in [3.8, 4) is 51.0 Å². The van der Waals surface area contributed by atoms with Gasteiger partial charge in [-0.15, -0.1) is 0 Å². The number of nitrogens with zero attached hydrogens (tertiary/aromatic N) is 5. The molecule has 5 heteroatoms. The van der Waals surface area contributed by atoms with Crippen molar-refractivity contribution >= 4 is 21.8 Å². The zero-order valence-corrected chi connectivity index (χ0v) is 25.0. The highest BCUT2D eigenvalue weighted by molar-refractivity contribution is 6.10. The first-order valence-corrected chi connectivity index (χ1v) is 15.1. The Morgan fingerprint density at radius 3 is 1.58 bits per heavy atom.